The number of hydrogen-bond donors (Lipinski definition) is 0. The summed E-state index contributed by atoms with van der Waals surface area (Å²) in [5.41, 5.74) is 3.33. The van der Waals surface area contributed by atoms with Crippen molar-refractivity contribution in [2.45, 2.75) is 32.1 Å². The van der Waals surface area contributed by atoms with Gasteiger partial charge in [-0.1, -0.05) is 23.2 Å². The van der Waals surface area contributed by atoms with Crippen LogP contribution in [0.15, 0.2) is 16.8 Å². The Bertz CT molecular complexity index is 233. The van der Waals surface area contributed by atoms with Gasteiger partial charge in [-0.3, -0.25) is 0 Å². The van der Waals surface area contributed by atoms with Crippen LogP contribution in [0, 0.1) is 5.41 Å². The molecular formula is C10H14ClNO. The van der Waals surface area contributed by atoms with Gasteiger partial charge in [0, 0.05) is 5.54 Å². The van der Waals surface area contributed by atoms with Gasteiger partial charge in [-0.15, -0.1) is 0 Å². The van der Waals surface area contributed by atoms with Crippen LogP contribution in [0.25, 0.3) is 0 Å². The van der Waals surface area contributed by atoms with Gasteiger partial charge in [0.25, 0.3) is 0 Å². The van der Waals surface area contributed by atoms with Crippen LogP contribution in [-0.2, 0) is 4.84 Å². The minimum Gasteiger partial charge on any atom is -0.392 e. The quantitative estimate of drug-likeness (QED) is 0.506. The second kappa shape index (κ2) is 3.70. The molecule has 0 atom stereocenters. The Hall–Kier alpha value is -0.500. The maximum atomic E-state index is 5.33. The van der Waals surface area contributed by atoms with Crippen molar-refractivity contribution in [3.8, 4) is 0 Å². The molecule has 2 aliphatic rings. The molecule has 13 heavy (non-hydrogen) atoms. The van der Waals surface area contributed by atoms with E-state index in [1.807, 2.05) is 0 Å². The third-order valence-corrected chi connectivity index (χ3v) is 3.20. The van der Waals surface area contributed by atoms with Gasteiger partial charge in [-0.2, -0.15) is 0 Å². The highest BCUT2D eigenvalue weighted by Gasteiger charge is 2.46. The summed E-state index contributed by atoms with van der Waals surface area (Å²) in [7, 11) is 0. The number of halogens is 1. The lowest BCUT2D eigenvalue weighted by Gasteiger charge is -2.49. The van der Waals surface area contributed by atoms with E-state index in [1.54, 1.807) is 6.08 Å². The fraction of sp³-hybridized carbons (Fsp3) is 0.700. The van der Waals surface area contributed by atoms with Crippen LogP contribution in [0.3, 0.4) is 0 Å². The SMILES string of the molecule is Cl/C=C/CON=C1CC2(CCC2)C1. The number of nitrogens with zero attached hydrogens (tertiary/aromatic N) is 1. The molecule has 0 amide bonds. The second-order valence-corrected chi connectivity index (χ2v) is 4.27. The average molecular weight is 200 g/mol. The molecule has 0 heterocycles. The van der Waals surface area contributed by atoms with Crippen LogP contribution in [0.1, 0.15) is 32.1 Å². The molecule has 2 rings (SSSR count). The van der Waals surface area contributed by atoms with Crippen molar-refractivity contribution in [1.29, 1.82) is 0 Å². The molecule has 2 aliphatic carbocycles. The van der Waals surface area contributed by atoms with Crippen molar-refractivity contribution >= 4 is 17.3 Å². The average Bonchev–Trinajstić information content (AvgIpc) is 1.97. The Morgan fingerprint density at radius 1 is 1.46 bits per heavy atom. The molecule has 0 radical (unpaired) electrons. The van der Waals surface area contributed by atoms with Crippen molar-refractivity contribution in [2.24, 2.45) is 10.6 Å². The Morgan fingerprint density at radius 3 is 2.77 bits per heavy atom. The summed E-state index contributed by atoms with van der Waals surface area (Å²) in [6.45, 7) is 0.486. The van der Waals surface area contributed by atoms with Gasteiger partial charge in [0.1, 0.15) is 6.61 Å². The molecule has 0 bridgehead atoms. The van der Waals surface area contributed by atoms with Crippen molar-refractivity contribution in [3.63, 3.8) is 0 Å². The van der Waals surface area contributed by atoms with Crippen molar-refractivity contribution < 1.29 is 4.84 Å². The topological polar surface area (TPSA) is 21.6 Å². The second-order valence-electron chi connectivity index (χ2n) is 4.02. The Morgan fingerprint density at radius 2 is 2.23 bits per heavy atom. The first kappa shape index (κ1) is 9.07. The van der Waals surface area contributed by atoms with Crippen molar-refractivity contribution in [1.82, 2.24) is 0 Å². The summed E-state index contributed by atoms with van der Waals surface area (Å²) in [4.78, 5) is 5.06. The normalized spacial score (nSPS) is 24.2. The summed E-state index contributed by atoms with van der Waals surface area (Å²) in [5, 5.41) is 4.05. The highest BCUT2D eigenvalue weighted by molar-refractivity contribution is 6.25. The number of rotatable bonds is 3. The molecule has 0 unspecified atom stereocenters. The first-order chi connectivity index (χ1) is 6.35. The van der Waals surface area contributed by atoms with Crippen molar-refractivity contribution in [3.05, 3.63) is 11.6 Å². The largest absolute Gasteiger partial charge is 0.392 e. The third-order valence-electron chi connectivity index (χ3n) is 3.03. The van der Waals surface area contributed by atoms with E-state index in [0.29, 0.717) is 12.0 Å². The fourth-order valence-corrected chi connectivity index (χ4v) is 2.19. The fourth-order valence-electron chi connectivity index (χ4n) is 2.12. The first-order valence-corrected chi connectivity index (χ1v) is 5.21. The summed E-state index contributed by atoms with van der Waals surface area (Å²) >= 11 is 5.33. The lowest BCUT2D eigenvalue weighted by molar-refractivity contribution is 0.104. The maximum Gasteiger partial charge on any atom is 0.136 e. The molecule has 2 nitrogen and oxygen atoms in total. The number of oxime groups is 1. The Kier molecular flexibility index (Phi) is 2.58. The van der Waals surface area contributed by atoms with Crippen LogP contribution < -0.4 is 0 Å². The van der Waals surface area contributed by atoms with Crippen molar-refractivity contribution in [2.75, 3.05) is 6.61 Å². The standard InChI is InChI=1S/C10H14ClNO/c11-5-2-6-13-12-9-7-10(8-9)3-1-4-10/h2,5H,1,3-4,6-8H2/b5-2+. The molecule has 0 saturated heterocycles. The van der Waals surface area contributed by atoms with E-state index in [4.69, 9.17) is 16.4 Å². The summed E-state index contributed by atoms with van der Waals surface area (Å²) in [6.07, 6.45) is 8.27. The first-order valence-electron chi connectivity index (χ1n) is 4.78. The van der Waals surface area contributed by atoms with E-state index in [1.165, 1.54) is 30.5 Å². The summed E-state index contributed by atoms with van der Waals surface area (Å²) in [6, 6.07) is 0. The smallest absolute Gasteiger partial charge is 0.136 e. The molecule has 0 aromatic heterocycles. The highest BCUT2D eigenvalue weighted by Crippen LogP contribution is 2.54. The lowest BCUT2D eigenvalue weighted by atomic mass is 9.55. The molecule has 2 saturated carbocycles. The minimum atomic E-state index is 0.486. The molecule has 0 N–H and O–H groups in total. The van der Waals surface area contributed by atoms with Gasteiger partial charge < -0.3 is 4.84 Å². The zero-order valence-corrected chi connectivity index (χ0v) is 8.39. The molecule has 1 spiro atoms. The summed E-state index contributed by atoms with van der Waals surface area (Å²) < 4.78 is 0. The monoisotopic (exact) mass is 199 g/mol. The van der Waals surface area contributed by atoms with Crippen LogP contribution in [0.5, 0.6) is 0 Å². The highest BCUT2D eigenvalue weighted by atomic mass is 35.5. The van der Waals surface area contributed by atoms with E-state index in [0.717, 1.165) is 12.8 Å². The van der Waals surface area contributed by atoms with Crippen LogP contribution in [0.2, 0.25) is 0 Å². The van der Waals surface area contributed by atoms with Gasteiger partial charge in [0.15, 0.2) is 0 Å². The van der Waals surface area contributed by atoms with E-state index < -0.39 is 0 Å². The van der Waals surface area contributed by atoms with Gasteiger partial charge in [0.2, 0.25) is 0 Å². The van der Waals surface area contributed by atoms with Gasteiger partial charge in [-0.25, -0.2) is 0 Å². The molecule has 0 aliphatic heterocycles. The molecule has 0 aromatic carbocycles. The van der Waals surface area contributed by atoms with Crippen LogP contribution >= 0.6 is 11.6 Å². The van der Waals surface area contributed by atoms with E-state index in [2.05, 4.69) is 5.16 Å². The molecular weight excluding hydrogens is 186 g/mol. The molecule has 0 aromatic rings. The lowest BCUT2D eigenvalue weighted by Crippen LogP contribution is -2.43. The molecule has 2 fully saturated rings. The number of hydrogen-bond acceptors (Lipinski definition) is 2. The van der Waals surface area contributed by atoms with Gasteiger partial charge >= 0.3 is 0 Å². The third kappa shape index (κ3) is 1.88. The zero-order chi connectivity index (χ0) is 9.15. The van der Waals surface area contributed by atoms with Gasteiger partial charge in [-0.05, 0) is 37.2 Å². The van der Waals surface area contributed by atoms with Crippen LogP contribution in [-0.4, -0.2) is 12.3 Å². The zero-order valence-electron chi connectivity index (χ0n) is 7.63. The van der Waals surface area contributed by atoms with E-state index in [9.17, 15) is 0 Å². The Balaban J connectivity index is 1.67. The maximum absolute atomic E-state index is 5.33. The molecule has 72 valence electrons. The summed E-state index contributed by atoms with van der Waals surface area (Å²) in [5.74, 6) is 0. The van der Waals surface area contributed by atoms with E-state index >= 15 is 0 Å². The van der Waals surface area contributed by atoms with Crippen LogP contribution in [0.4, 0.5) is 0 Å². The minimum absolute atomic E-state index is 0.486. The predicted molar refractivity (Wildman–Crippen MR) is 53.9 cm³/mol. The molecule has 3 heteroatoms. The Labute approximate surface area is 83.6 Å². The van der Waals surface area contributed by atoms with E-state index in [-0.39, 0.29) is 0 Å². The predicted octanol–water partition coefficient (Wildman–Crippen LogP) is 3.08. The van der Waals surface area contributed by atoms with Gasteiger partial charge in [0.05, 0.1) is 5.71 Å².